The Labute approximate surface area is 226 Å². The molecule has 0 bridgehead atoms. The summed E-state index contributed by atoms with van der Waals surface area (Å²) in [4.78, 5) is 17.3. The number of nitrogens with one attached hydrogen (secondary N) is 3. The molecule has 1 aliphatic heterocycles. The molecular weight excluding hydrogens is 524 g/mol. The molecule has 204 valence electrons. The summed E-state index contributed by atoms with van der Waals surface area (Å²) in [5, 5.41) is 16.9. The second kappa shape index (κ2) is 11.1. The number of fused-ring (bicyclic) bond motifs is 1. The zero-order valence-electron chi connectivity index (χ0n) is 20.9. The van der Waals surface area contributed by atoms with E-state index in [-0.39, 0.29) is 34.4 Å². The molecule has 6 rings (SSSR count). The number of H-pyrrole nitrogens is 1. The number of ether oxygens (including phenoxy) is 3. The highest BCUT2D eigenvalue weighted by Crippen LogP contribution is 2.38. The number of nitrogens with zero attached hydrogens (tertiary/aromatic N) is 4. The van der Waals surface area contributed by atoms with Crippen LogP contribution in [-0.4, -0.2) is 57.0 Å². The molecule has 1 aliphatic rings. The first-order valence-corrected chi connectivity index (χ1v) is 12.4. The number of aromatic amines is 1. The SMILES string of the molecule is O=C(Nc1cn[nH]c1-c1cc(Oc2cccc(C3CNCCO3)c2)ccc1OC(F)F)c1cnn2cccnc12. The van der Waals surface area contributed by atoms with Gasteiger partial charge in [0, 0.05) is 31.0 Å². The molecular formula is C27H23F2N7O4. The smallest absolute Gasteiger partial charge is 0.387 e. The van der Waals surface area contributed by atoms with Gasteiger partial charge in [-0.3, -0.25) is 9.89 Å². The maximum absolute atomic E-state index is 13.3. The lowest BCUT2D eigenvalue weighted by Gasteiger charge is -2.24. The number of amides is 1. The lowest BCUT2D eigenvalue weighted by Crippen LogP contribution is -2.33. The van der Waals surface area contributed by atoms with Crippen LogP contribution in [-0.2, 0) is 4.74 Å². The van der Waals surface area contributed by atoms with Gasteiger partial charge in [0.2, 0.25) is 0 Å². The van der Waals surface area contributed by atoms with Crippen molar-refractivity contribution in [3.63, 3.8) is 0 Å². The number of anilines is 1. The largest absolute Gasteiger partial charge is 0.457 e. The Morgan fingerprint density at radius 2 is 2.05 bits per heavy atom. The second-order valence-corrected chi connectivity index (χ2v) is 8.83. The van der Waals surface area contributed by atoms with Crippen LogP contribution in [0.25, 0.3) is 16.9 Å². The van der Waals surface area contributed by atoms with Crippen LogP contribution in [0.2, 0.25) is 0 Å². The molecule has 0 aliphatic carbocycles. The highest BCUT2D eigenvalue weighted by molar-refractivity contribution is 6.09. The van der Waals surface area contributed by atoms with Crippen LogP contribution in [0.4, 0.5) is 14.5 Å². The Bertz CT molecular complexity index is 1650. The minimum atomic E-state index is -3.07. The molecule has 2 aromatic carbocycles. The fraction of sp³-hybridized carbons (Fsp3) is 0.185. The van der Waals surface area contributed by atoms with Gasteiger partial charge < -0.3 is 24.8 Å². The molecule has 40 heavy (non-hydrogen) atoms. The standard InChI is InChI=1S/C27H23F2N7O4/c28-27(29)40-22-6-5-18(39-17-4-1-3-16(11-17)23-15-30-8-10-38-23)12-19(22)24-21(14-32-35-24)34-26(37)20-13-33-36-9-2-7-31-25(20)36/h1-7,9,11-14,23,27,30H,8,10,15H2,(H,32,35)(H,34,37). The first kappa shape index (κ1) is 25.4. The third kappa shape index (κ3) is 5.32. The second-order valence-electron chi connectivity index (χ2n) is 8.83. The molecule has 3 N–H and O–H groups in total. The van der Waals surface area contributed by atoms with E-state index in [1.807, 2.05) is 18.2 Å². The minimum Gasteiger partial charge on any atom is -0.457 e. The van der Waals surface area contributed by atoms with Crippen LogP contribution in [0.15, 0.2) is 73.3 Å². The van der Waals surface area contributed by atoms with Crippen LogP contribution >= 0.6 is 0 Å². The van der Waals surface area contributed by atoms with Crippen molar-refractivity contribution in [3.8, 4) is 28.5 Å². The number of hydrogen-bond acceptors (Lipinski definition) is 8. The van der Waals surface area contributed by atoms with Crippen LogP contribution < -0.4 is 20.1 Å². The van der Waals surface area contributed by atoms with E-state index < -0.39 is 12.5 Å². The molecule has 1 saturated heterocycles. The summed E-state index contributed by atoms with van der Waals surface area (Å²) in [6.07, 6.45) is 5.87. The van der Waals surface area contributed by atoms with Crippen molar-refractivity contribution in [2.45, 2.75) is 12.7 Å². The predicted octanol–water partition coefficient (Wildman–Crippen LogP) is 4.43. The Kier molecular flexibility index (Phi) is 7.04. The summed E-state index contributed by atoms with van der Waals surface area (Å²) >= 11 is 0. The van der Waals surface area contributed by atoms with Crippen molar-refractivity contribution < 1.29 is 27.8 Å². The van der Waals surface area contributed by atoms with E-state index in [1.165, 1.54) is 35.1 Å². The fourth-order valence-electron chi connectivity index (χ4n) is 4.42. The van der Waals surface area contributed by atoms with Crippen LogP contribution in [0.1, 0.15) is 22.0 Å². The summed E-state index contributed by atoms with van der Waals surface area (Å²) in [5.41, 5.74) is 2.22. The highest BCUT2D eigenvalue weighted by Gasteiger charge is 2.21. The number of hydrogen-bond donors (Lipinski definition) is 3. The average molecular weight is 548 g/mol. The number of benzene rings is 2. The van der Waals surface area contributed by atoms with Gasteiger partial charge in [-0.25, -0.2) is 9.50 Å². The van der Waals surface area contributed by atoms with Gasteiger partial charge >= 0.3 is 6.61 Å². The number of halogens is 2. The third-order valence-electron chi connectivity index (χ3n) is 6.24. The quantitative estimate of drug-likeness (QED) is 0.261. The fourth-order valence-corrected chi connectivity index (χ4v) is 4.42. The maximum Gasteiger partial charge on any atom is 0.387 e. The molecule has 5 aromatic rings. The Hall–Kier alpha value is -4.88. The van der Waals surface area contributed by atoms with Crippen molar-refractivity contribution in [1.82, 2.24) is 30.1 Å². The van der Waals surface area contributed by atoms with Crippen LogP contribution in [0.3, 0.4) is 0 Å². The lowest BCUT2D eigenvalue weighted by molar-refractivity contribution is -0.0494. The van der Waals surface area contributed by atoms with Crippen molar-refractivity contribution in [3.05, 3.63) is 84.4 Å². The summed E-state index contributed by atoms with van der Waals surface area (Å²) in [5.74, 6) is 0.264. The van der Waals surface area contributed by atoms with Gasteiger partial charge in [-0.05, 0) is 42.0 Å². The Balaban J connectivity index is 1.29. The first-order valence-electron chi connectivity index (χ1n) is 12.4. The van der Waals surface area contributed by atoms with Crippen molar-refractivity contribution in [2.24, 2.45) is 0 Å². The van der Waals surface area contributed by atoms with Crippen molar-refractivity contribution >= 4 is 17.2 Å². The molecule has 0 saturated carbocycles. The van der Waals surface area contributed by atoms with E-state index >= 15 is 0 Å². The normalized spacial score (nSPS) is 15.3. The molecule has 1 unspecified atom stereocenters. The summed E-state index contributed by atoms with van der Waals surface area (Å²) in [7, 11) is 0. The maximum atomic E-state index is 13.3. The average Bonchev–Trinajstić information content (AvgIpc) is 3.61. The van der Waals surface area contributed by atoms with E-state index in [9.17, 15) is 13.6 Å². The van der Waals surface area contributed by atoms with E-state index in [4.69, 9.17) is 14.2 Å². The summed E-state index contributed by atoms with van der Waals surface area (Å²) in [6, 6.07) is 13.6. The Morgan fingerprint density at radius 1 is 1.15 bits per heavy atom. The lowest BCUT2D eigenvalue weighted by atomic mass is 10.1. The highest BCUT2D eigenvalue weighted by atomic mass is 19.3. The van der Waals surface area contributed by atoms with Gasteiger partial charge in [-0.2, -0.15) is 19.0 Å². The van der Waals surface area contributed by atoms with Crippen LogP contribution in [0, 0.1) is 0 Å². The number of aromatic nitrogens is 5. The van der Waals surface area contributed by atoms with E-state index in [0.29, 0.717) is 30.3 Å². The number of alkyl halides is 2. The molecule has 1 atom stereocenters. The minimum absolute atomic E-state index is 0.103. The van der Waals surface area contributed by atoms with Gasteiger partial charge in [0.05, 0.1) is 36.5 Å². The number of carbonyl (C=O) groups is 1. The van der Waals surface area contributed by atoms with Crippen LogP contribution in [0.5, 0.6) is 17.2 Å². The van der Waals surface area contributed by atoms with Gasteiger partial charge in [0.15, 0.2) is 5.65 Å². The third-order valence-corrected chi connectivity index (χ3v) is 6.24. The van der Waals surface area contributed by atoms with Gasteiger partial charge in [0.25, 0.3) is 5.91 Å². The van der Waals surface area contributed by atoms with E-state index in [1.54, 1.807) is 24.5 Å². The van der Waals surface area contributed by atoms with Gasteiger partial charge in [0.1, 0.15) is 22.8 Å². The molecule has 3 aromatic heterocycles. The number of morpholine rings is 1. The topological polar surface area (TPSA) is 128 Å². The Morgan fingerprint density at radius 3 is 2.90 bits per heavy atom. The zero-order chi connectivity index (χ0) is 27.5. The number of carbonyl (C=O) groups excluding carboxylic acids is 1. The van der Waals surface area contributed by atoms with E-state index in [2.05, 4.69) is 30.9 Å². The molecule has 0 radical (unpaired) electrons. The first-order chi connectivity index (χ1) is 19.5. The molecule has 4 heterocycles. The summed E-state index contributed by atoms with van der Waals surface area (Å²) < 4.78 is 44.7. The molecule has 1 fully saturated rings. The summed E-state index contributed by atoms with van der Waals surface area (Å²) in [6.45, 7) is -0.972. The molecule has 11 nitrogen and oxygen atoms in total. The monoisotopic (exact) mass is 547 g/mol. The molecule has 0 spiro atoms. The van der Waals surface area contributed by atoms with Gasteiger partial charge in [-0.15, -0.1) is 0 Å². The van der Waals surface area contributed by atoms with E-state index in [0.717, 1.165) is 12.1 Å². The van der Waals surface area contributed by atoms with Crippen molar-refractivity contribution in [2.75, 3.05) is 25.0 Å². The number of rotatable bonds is 8. The van der Waals surface area contributed by atoms with Crippen molar-refractivity contribution in [1.29, 1.82) is 0 Å². The predicted molar refractivity (Wildman–Crippen MR) is 140 cm³/mol. The molecule has 13 heteroatoms. The van der Waals surface area contributed by atoms with Gasteiger partial charge in [-0.1, -0.05) is 12.1 Å². The molecule has 1 amide bonds. The zero-order valence-corrected chi connectivity index (χ0v) is 20.9.